The van der Waals surface area contributed by atoms with Gasteiger partial charge in [-0.15, -0.1) is 0 Å². The Labute approximate surface area is 105 Å². The first-order valence-electron chi connectivity index (χ1n) is 6.40. The predicted molar refractivity (Wildman–Crippen MR) is 70.2 cm³/mol. The zero-order chi connectivity index (χ0) is 12.7. The molecule has 1 spiro atoms. The van der Waals surface area contributed by atoms with Crippen LogP contribution >= 0.6 is 0 Å². The fourth-order valence-electron chi connectivity index (χ4n) is 2.58. The van der Waals surface area contributed by atoms with E-state index in [2.05, 4.69) is 39.6 Å². The molecule has 1 saturated heterocycles. The van der Waals surface area contributed by atoms with Crippen LogP contribution in [-0.2, 0) is 13.9 Å². The second kappa shape index (κ2) is 4.11. The Bertz CT molecular complexity index is 322. The van der Waals surface area contributed by atoms with E-state index in [1.807, 2.05) is 0 Å². The van der Waals surface area contributed by atoms with Crippen LogP contribution in [0.3, 0.4) is 0 Å². The maximum absolute atomic E-state index is 6.19. The van der Waals surface area contributed by atoms with E-state index in [1.54, 1.807) is 0 Å². The highest BCUT2D eigenvalue weighted by Gasteiger charge is 2.46. The third-order valence-corrected chi connectivity index (χ3v) is 4.04. The highest BCUT2D eigenvalue weighted by molar-refractivity contribution is 6.70. The van der Waals surface area contributed by atoms with Crippen molar-refractivity contribution in [2.24, 2.45) is 5.41 Å². The molecule has 1 fully saturated rings. The standard InChI is InChI=1S/C13H24O3Si/c1-12(2)10-13(14-8-9-15-13)7-6-11(12)16-17(3,4)5/h6H,7-10H2,1-5H3. The highest BCUT2D eigenvalue weighted by atomic mass is 28.4. The first-order chi connectivity index (χ1) is 7.73. The molecule has 0 N–H and O–H groups in total. The van der Waals surface area contributed by atoms with Crippen molar-refractivity contribution in [2.45, 2.75) is 52.1 Å². The van der Waals surface area contributed by atoms with E-state index in [-0.39, 0.29) is 11.2 Å². The summed E-state index contributed by atoms with van der Waals surface area (Å²) < 4.78 is 17.8. The lowest BCUT2D eigenvalue weighted by molar-refractivity contribution is -0.180. The molecule has 0 bridgehead atoms. The summed E-state index contributed by atoms with van der Waals surface area (Å²) in [5.74, 6) is 0.747. The van der Waals surface area contributed by atoms with Crippen molar-refractivity contribution < 1.29 is 13.9 Å². The summed E-state index contributed by atoms with van der Waals surface area (Å²) in [5.41, 5.74) is 0.00285. The lowest BCUT2D eigenvalue weighted by atomic mass is 9.78. The van der Waals surface area contributed by atoms with E-state index in [9.17, 15) is 0 Å². The maximum atomic E-state index is 6.19. The average molecular weight is 256 g/mol. The fraction of sp³-hybridized carbons (Fsp3) is 0.846. The van der Waals surface area contributed by atoms with Gasteiger partial charge >= 0.3 is 0 Å². The Hall–Kier alpha value is -0.323. The molecule has 1 heterocycles. The first kappa shape index (κ1) is 13.1. The van der Waals surface area contributed by atoms with E-state index < -0.39 is 8.32 Å². The lowest BCUT2D eigenvalue weighted by Crippen LogP contribution is -2.42. The molecule has 0 amide bonds. The molecular weight excluding hydrogens is 232 g/mol. The van der Waals surface area contributed by atoms with Crippen LogP contribution in [0.15, 0.2) is 11.8 Å². The molecule has 17 heavy (non-hydrogen) atoms. The Morgan fingerprint density at radius 2 is 1.76 bits per heavy atom. The van der Waals surface area contributed by atoms with Gasteiger partial charge in [0.25, 0.3) is 0 Å². The molecule has 0 unspecified atom stereocenters. The molecule has 0 atom stereocenters. The first-order valence-corrected chi connectivity index (χ1v) is 9.81. The number of allylic oxidation sites excluding steroid dienone is 1. The quantitative estimate of drug-likeness (QED) is 0.710. The van der Waals surface area contributed by atoms with Gasteiger partial charge in [0.05, 0.1) is 19.0 Å². The molecule has 0 aromatic heterocycles. The minimum absolute atomic E-state index is 0.00285. The number of hydrogen-bond acceptors (Lipinski definition) is 3. The maximum Gasteiger partial charge on any atom is 0.241 e. The largest absolute Gasteiger partial charge is 0.547 e. The summed E-state index contributed by atoms with van der Waals surface area (Å²) in [6, 6.07) is 0. The van der Waals surface area contributed by atoms with E-state index >= 15 is 0 Å². The van der Waals surface area contributed by atoms with Crippen molar-refractivity contribution in [1.82, 2.24) is 0 Å². The number of rotatable bonds is 2. The molecule has 2 aliphatic rings. The second-order valence-corrected chi connectivity index (χ2v) is 11.1. The summed E-state index contributed by atoms with van der Waals surface area (Å²) in [6.45, 7) is 12.5. The van der Waals surface area contributed by atoms with Crippen LogP contribution in [0.25, 0.3) is 0 Å². The van der Waals surface area contributed by atoms with Gasteiger partial charge in [0.1, 0.15) is 0 Å². The van der Waals surface area contributed by atoms with Crippen LogP contribution in [0, 0.1) is 5.41 Å². The van der Waals surface area contributed by atoms with Gasteiger partial charge in [0.15, 0.2) is 5.79 Å². The molecule has 0 radical (unpaired) electrons. The molecule has 0 aromatic rings. The van der Waals surface area contributed by atoms with Crippen LogP contribution in [0.1, 0.15) is 26.7 Å². The Balaban J connectivity index is 2.16. The van der Waals surface area contributed by atoms with E-state index in [1.165, 1.54) is 0 Å². The Morgan fingerprint density at radius 3 is 2.24 bits per heavy atom. The van der Waals surface area contributed by atoms with Gasteiger partial charge in [-0.1, -0.05) is 13.8 Å². The summed E-state index contributed by atoms with van der Waals surface area (Å²) in [7, 11) is -1.53. The van der Waals surface area contributed by atoms with Crippen molar-refractivity contribution >= 4 is 8.32 Å². The van der Waals surface area contributed by atoms with Crippen LogP contribution in [0.4, 0.5) is 0 Å². The van der Waals surface area contributed by atoms with E-state index in [0.29, 0.717) is 13.2 Å². The van der Waals surface area contributed by atoms with Gasteiger partial charge in [-0.2, -0.15) is 0 Å². The second-order valence-electron chi connectivity index (χ2n) is 6.66. The molecular formula is C13H24O3Si. The molecule has 3 nitrogen and oxygen atoms in total. The summed E-state index contributed by atoms with van der Waals surface area (Å²) in [6.07, 6.45) is 3.87. The molecule has 0 aromatic carbocycles. The third kappa shape index (κ3) is 2.92. The van der Waals surface area contributed by atoms with Gasteiger partial charge < -0.3 is 13.9 Å². The van der Waals surface area contributed by atoms with Crippen molar-refractivity contribution in [1.29, 1.82) is 0 Å². The van der Waals surface area contributed by atoms with Crippen LogP contribution in [-0.4, -0.2) is 27.3 Å². The molecule has 98 valence electrons. The van der Waals surface area contributed by atoms with Crippen LogP contribution < -0.4 is 0 Å². The molecule has 1 aliphatic heterocycles. The molecule has 2 rings (SSSR count). The number of hydrogen-bond donors (Lipinski definition) is 0. The van der Waals surface area contributed by atoms with Crippen molar-refractivity contribution in [2.75, 3.05) is 13.2 Å². The van der Waals surface area contributed by atoms with Gasteiger partial charge in [0, 0.05) is 18.3 Å². The number of ether oxygens (including phenoxy) is 2. The molecule has 1 aliphatic carbocycles. The Kier molecular flexibility index (Phi) is 3.17. The topological polar surface area (TPSA) is 27.7 Å². The van der Waals surface area contributed by atoms with Gasteiger partial charge in [0.2, 0.25) is 8.32 Å². The molecule has 0 saturated carbocycles. The van der Waals surface area contributed by atoms with Crippen LogP contribution in [0.5, 0.6) is 0 Å². The minimum Gasteiger partial charge on any atom is -0.547 e. The van der Waals surface area contributed by atoms with E-state index in [0.717, 1.165) is 18.6 Å². The van der Waals surface area contributed by atoms with Gasteiger partial charge in [-0.3, -0.25) is 0 Å². The van der Waals surface area contributed by atoms with Crippen LogP contribution in [0.2, 0.25) is 19.6 Å². The normalized spacial score (nSPS) is 27.0. The average Bonchev–Trinajstić information content (AvgIpc) is 2.56. The SMILES string of the molecule is CC1(C)CC2(CC=C1O[Si](C)(C)C)OCCO2. The van der Waals surface area contributed by atoms with Crippen molar-refractivity contribution in [3.8, 4) is 0 Å². The fourth-order valence-corrected chi connectivity index (χ4v) is 3.60. The third-order valence-electron chi connectivity index (χ3n) is 3.21. The summed E-state index contributed by atoms with van der Waals surface area (Å²) in [4.78, 5) is 0. The summed E-state index contributed by atoms with van der Waals surface area (Å²) >= 11 is 0. The zero-order valence-electron chi connectivity index (χ0n) is 11.6. The summed E-state index contributed by atoms with van der Waals surface area (Å²) in [5, 5.41) is 0. The highest BCUT2D eigenvalue weighted by Crippen LogP contribution is 2.46. The Morgan fingerprint density at radius 1 is 1.18 bits per heavy atom. The van der Waals surface area contributed by atoms with Gasteiger partial charge in [-0.05, 0) is 25.7 Å². The van der Waals surface area contributed by atoms with Gasteiger partial charge in [-0.25, -0.2) is 0 Å². The van der Waals surface area contributed by atoms with E-state index in [4.69, 9.17) is 13.9 Å². The minimum atomic E-state index is -1.53. The molecule has 4 heteroatoms. The zero-order valence-corrected chi connectivity index (χ0v) is 12.6. The van der Waals surface area contributed by atoms with Crippen molar-refractivity contribution in [3.63, 3.8) is 0 Å². The van der Waals surface area contributed by atoms with Crippen molar-refractivity contribution in [3.05, 3.63) is 11.8 Å². The monoisotopic (exact) mass is 256 g/mol. The predicted octanol–water partition coefficient (Wildman–Crippen LogP) is 3.28. The lowest BCUT2D eigenvalue weighted by Gasteiger charge is -2.42. The smallest absolute Gasteiger partial charge is 0.241 e.